The van der Waals surface area contributed by atoms with Crippen molar-refractivity contribution in [2.75, 3.05) is 17.2 Å². The monoisotopic (exact) mass is 374 g/mol. The minimum atomic E-state index is -0.0907. The molecule has 0 bridgehead atoms. The number of benzene rings is 2. The van der Waals surface area contributed by atoms with E-state index in [0.717, 1.165) is 15.7 Å². The number of aryl methyl sites for hydroxylation is 1. The molecule has 2 N–H and O–H groups in total. The van der Waals surface area contributed by atoms with E-state index in [-0.39, 0.29) is 11.7 Å². The van der Waals surface area contributed by atoms with Crippen LogP contribution in [-0.4, -0.2) is 18.2 Å². The highest BCUT2D eigenvalue weighted by Gasteiger charge is 2.05. The summed E-state index contributed by atoms with van der Waals surface area (Å²) in [5.74, 6) is -0.111. The summed E-state index contributed by atoms with van der Waals surface area (Å²) in [6, 6.07) is 12.9. The van der Waals surface area contributed by atoms with Gasteiger partial charge in [0, 0.05) is 34.4 Å². The lowest BCUT2D eigenvalue weighted by atomic mass is 10.1. The maximum Gasteiger partial charge on any atom is 0.226 e. The fourth-order valence-corrected chi connectivity index (χ4v) is 2.36. The zero-order valence-corrected chi connectivity index (χ0v) is 14.7. The molecule has 2 aromatic carbocycles. The van der Waals surface area contributed by atoms with Gasteiger partial charge in [-0.15, -0.1) is 0 Å². The van der Waals surface area contributed by atoms with Crippen LogP contribution in [0, 0.1) is 6.92 Å². The molecule has 0 saturated carbocycles. The van der Waals surface area contributed by atoms with Crippen LogP contribution in [0.2, 0.25) is 0 Å². The Morgan fingerprint density at radius 1 is 1.09 bits per heavy atom. The van der Waals surface area contributed by atoms with Crippen molar-refractivity contribution in [3.63, 3.8) is 0 Å². The van der Waals surface area contributed by atoms with E-state index in [1.165, 1.54) is 6.92 Å². The molecule has 2 rings (SSSR count). The number of carbonyl (C=O) groups is 2. The van der Waals surface area contributed by atoms with E-state index < -0.39 is 0 Å². The van der Waals surface area contributed by atoms with Crippen LogP contribution in [0.3, 0.4) is 0 Å². The van der Waals surface area contributed by atoms with E-state index in [1.54, 1.807) is 24.3 Å². The number of nitrogens with one attached hydrogen (secondary N) is 2. The molecule has 0 aromatic heterocycles. The molecule has 0 radical (unpaired) electrons. The number of carbonyl (C=O) groups excluding carboxylic acids is 2. The van der Waals surface area contributed by atoms with Gasteiger partial charge in [-0.25, -0.2) is 0 Å². The van der Waals surface area contributed by atoms with Crippen LogP contribution in [0.25, 0.3) is 0 Å². The number of Topliss-reactive ketones (excluding diaryl/α,β-unsaturated/α-hetero) is 1. The summed E-state index contributed by atoms with van der Waals surface area (Å²) in [5.41, 5.74) is 3.35. The molecule has 4 nitrogen and oxygen atoms in total. The van der Waals surface area contributed by atoms with Crippen molar-refractivity contribution < 1.29 is 9.59 Å². The van der Waals surface area contributed by atoms with Crippen molar-refractivity contribution in [3.05, 3.63) is 58.1 Å². The Hall–Kier alpha value is -2.14. The van der Waals surface area contributed by atoms with Crippen LogP contribution >= 0.6 is 15.9 Å². The van der Waals surface area contributed by atoms with Crippen molar-refractivity contribution in [3.8, 4) is 0 Å². The van der Waals surface area contributed by atoms with Crippen LogP contribution < -0.4 is 10.6 Å². The molecule has 0 aliphatic carbocycles. The van der Waals surface area contributed by atoms with Crippen LogP contribution in [0.1, 0.15) is 29.3 Å². The standard InChI is InChI=1S/C18H19BrN2O2/c1-12-10-15(6-7-17(12)19)20-9-8-18(23)21-16-5-3-4-14(11-16)13(2)22/h3-7,10-11,20H,8-9H2,1-2H3,(H,21,23). The number of hydrogen-bond donors (Lipinski definition) is 2. The lowest BCUT2D eigenvalue weighted by Crippen LogP contribution is -2.16. The van der Waals surface area contributed by atoms with Crippen LogP contribution in [-0.2, 0) is 4.79 Å². The molecule has 0 unspecified atom stereocenters. The Balaban J connectivity index is 1.84. The molecule has 0 heterocycles. The topological polar surface area (TPSA) is 58.2 Å². The Labute approximate surface area is 144 Å². The molecule has 0 spiro atoms. The third-order valence-electron chi connectivity index (χ3n) is 3.39. The summed E-state index contributed by atoms with van der Waals surface area (Å²) in [7, 11) is 0. The fourth-order valence-electron chi connectivity index (χ4n) is 2.11. The highest BCUT2D eigenvalue weighted by Crippen LogP contribution is 2.20. The van der Waals surface area contributed by atoms with Gasteiger partial charge in [-0.3, -0.25) is 9.59 Å². The number of ketones is 1. The van der Waals surface area contributed by atoms with Gasteiger partial charge in [0.2, 0.25) is 5.91 Å². The predicted octanol–water partition coefficient (Wildman–Crippen LogP) is 4.40. The lowest BCUT2D eigenvalue weighted by molar-refractivity contribution is -0.115. The second-order valence-electron chi connectivity index (χ2n) is 5.33. The Bertz CT molecular complexity index is 729. The average molecular weight is 375 g/mol. The minimum Gasteiger partial charge on any atom is -0.385 e. The Kier molecular flexibility index (Phi) is 5.93. The van der Waals surface area contributed by atoms with Crippen LogP contribution in [0.15, 0.2) is 46.9 Å². The summed E-state index contributed by atoms with van der Waals surface area (Å²) in [6.07, 6.45) is 0.347. The summed E-state index contributed by atoms with van der Waals surface area (Å²) >= 11 is 3.46. The van der Waals surface area contributed by atoms with Crippen molar-refractivity contribution in [2.24, 2.45) is 0 Å². The van der Waals surface area contributed by atoms with Crippen molar-refractivity contribution in [1.82, 2.24) is 0 Å². The SMILES string of the molecule is CC(=O)c1cccc(NC(=O)CCNc2ccc(Br)c(C)c2)c1. The highest BCUT2D eigenvalue weighted by atomic mass is 79.9. The Morgan fingerprint density at radius 2 is 1.87 bits per heavy atom. The van der Waals surface area contributed by atoms with Gasteiger partial charge in [0.1, 0.15) is 0 Å². The molecule has 0 fully saturated rings. The van der Waals surface area contributed by atoms with E-state index in [0.29, 0.717) is 24.2 Å². The third kappa shape index (κ3) is 5.21. The molecule has 0 aliphatic rings. The second kappa shape index (κ2) is 7.92. The minimum absolute atomic E-state index is 0.0200. The van der Waals surface area contributed by atoms with Gasteiger partial charge in [-0.1, -0.05) is 28.1 Å². The largest absolute Gasteiger partial charge is 0.385 e. The molecule has 0 saturated heterocycles. The fraction of sp³-hybridized carbons (Fsp3) is 0.222. The Morgan fingerprint density at radius 3 is 2.57 bits per heavy atom. The zero-order valence-electron chi connectivity index (χ0n) is 13.2. The molecule has 2 aromatic rings. The summed E-state index contributed by atoms with van der Waals surface area (Å²) in [5, 5.41) is 6.03. The maximum atomic E-state index is 12.0. The first-order valence-electron chi connectivity index (χ1n) is 7.36. The van der Waals surface area contributed by atoms with Gasteiger partial charge in [-0.2, -0.15) is 0 Å². The quantitative estimate of drug-likeness (QED) is 0.736. The van der Waals surface area contributed by atoms with E-state index in [2.05, 4.69) is 26.6 Å². The molecular weight excluding hydrogens is 356 g/mol. The van der Waals surface area contributed by atoms with Crippen LogP contribution in [0.5, 0.6) is 0 Å². The summed E-state index contributed by atoms with van der Waals surface area (Å²) < 4.78 is 1.06. The van der Waals surface area contributed by atoms with Gasteiger partial charge in [0.15, 0.2) is 5.78 Å². The summed E-state index contributed by atoms with van der Waals surface area (Å²) in [6.45, 7) is 4.06. The van der Waals surface area contributed by atoms with Gasteiger partial charge in [-0.05, 0) is 49.7 Å². The molecular formula is C18H19BrN2O2. The first kappa shape index (κ1) is 17.2. The number of anilines is 2. The third-order valence-corrected chi connectivity index (χ3v) is 4.28. The number of halogens is 1. The maximum absolute atomic E-state index is 12.0. The number of rotatable bonds is 6. The first-order valence-corrected chi connectivity index (χ1v) is 8.16. The lowest BCUT2D eigenvalue weighted by Gasteiger charge is -2.09. The van der Waals surface area contributed by atoms with Gasteiger partial charge >= 0.3 is 0 Å². The average Bonchev–Trinajstić information content (AvgIpc) is 2.51. The van der Waals surface area contributed by atoms with E-state index in [1.807, 2.05) is 25.1 Å². The van der Waals surface area contributed by atoms with Crippen molar-refractivity contribution >= 4 is 39.0 Å². The predicted molar refractivity (Wildman–Crippen MR) is 97.1 cm³/mol. The number of hydrogen-bond acceptors (Lipinski definition) is 3. The van der Waals surface area contributed by atoms with E-state index >= 15 is 0 Å². The van der Waals surface area contributed by atoms with E-state index in [9.17, 15) is 9.59 Å². The number of amides is 1. The van der Waals surface area contributed by atoms with E-state index in [4.69, 9.17) is 0 Å². The zero-order chi connectivity index (χ0) is 16.8. The molecule has 23 heavy (non-hydrogen) atoms. The molecule has 0 atom stereocenters. The van der Waals surface area contributed by atoms with Crippen molar-refractivity contribution in [1.29, 1.82) is 0 Å². The molecule has 0 aliphatic heterocycles. The highest BCUT2D eigenvalue weighted by molar-refractivity contribution is 9.10. The van der Waals surface area contributed by atoms with Crippen molar-refractivity contribution in [2.45, 2.75) is 20.3 Å². The van der Waals surface area contributed by atoms with Gasteiger partial charge < -0.3 is 10.6 Å². The second-order valence-corrected chi connectivity index (χ2v) is 6.18. The molecule has 120 valence electrons. The first-order chi connectivity index (χ1) is 11.0. The van der Waals surface area contributed by atoms with Gasteiger partial charge in [0.25, 0.3) is 0 Å². The molecule has 5 heteroatoms. The smallest absolute Gasteiger partial charge is 0.226 e. The normalized spacial score (nSPS) is 10.2. The molecule has 1 amide bonds. The summed E-state index contributed by atoms with van der Waals surface area (Å²) in [4.78, 5) is 23.3. The van der Waals surface area contributed by atoms with Gasteiger partial charge in [0.05, 0.1) is 0 Å². The van der Waals surface area contributed by atoms with Crippen LogP contribution in [0.4, 0.5) is 11.4 Å².